The molecular weight excluding hydrogens is 146 g/mol. The minimum absolute atomic E-state index is 1.01. The second kappa shape index (κ2) is 8.12. The van der Waals surface area contributed by atoms with Crippen LogP contribution in [0.2, 0.25) is 0 Å². The van der Waals surface area contributed by atoms with E-state index in [0.717, 1.165) is 6.42 Å². The van der Waals surface area contributed by atoms with Crippen molar-refractivity contribution >= 4 is 0 Å². The highest BCUT2D eigenvalue weighted by Gasteiger charge is 1.83. The van der Waals surface area contributed by atoms with Crippen molar-refractivity contribution in [1.82, 2.24) is 0 Å². The van der Waals surface area contributed by atoms with Gasteiger partial charge in [-0.25, -0.2) is 0 Å². The molecule has 1 heteroatoms. The lowest BCUT2D eigenvalue weighted by atomic mass is 10.1. The molecule has 1 nitrogen and oxygen atoms in total. The van der Waals surface area contributed by atoms with Gasteiger partial charge in [-0.2, -0.15) is 0 Å². The minimum atomic E-state index is 1.01. The van der Waals surface area contributed by atoms with E-state index >= 15 is 0 Å². The third-order valence-electron chi connectivity index (χ3n) is 1.61. The molecule has 68 valence electrons. The van der Waals surface area contributed by atoms with Crippen molar-refractivity contribution in [2.75, 3.05) is 0 Å². The Labute approximate surface area is 75.7 Å². The molecule has 0 aromatic rings. The first-order chi connectivity index (χ1) is 5.81. The topological polar surface area (TPSA) is 26.0 Å². The SMILES string of the molecule is CCC/C(C)=C\C/C=C\C=C\N. The summed E-state index contributed by atoms with van der Waals surface area (Å²) >= 11 is 0. The summed E-state index contributed by atoms with van der Waals surface area (Å²) in [6.07, 6.45) is 13.1. The van der Waals surface area contributed by atoms with Crippen LogP contribution in [0.5, 0.6) is 0 Å². The van der Waals surface area contributed by atoms with E-state index in [4.69, 9.17) is 5.73 Å². The number of rotatable bonds is 5. The highest BCUT2D eigenvalue weighted by atomic mass is 14.5. The molecular formula is C11H19N. The number of hydrogen-bond donors (Lipinski definition) is 1. The predicted octanol–water partition coefficient (Wildman–Crippen LogP) is 3.15. The van der Waals surface area contributed by atoms with Crippen LogP contribution >= 0.6 is 0 Å². The first kappa shape index (κ1) is 11.0. The lowest BCUT2D eigenvalue weighted by Crippen LogP contribution is -1.74. The third-order valence-corrected chi connectivity index (χ3v) is 1.61. The van der Waals surface area contributed by atoms with Gasteiger partial charge in [0.2, 0.25) is 0 Å². The van der Waals surface area contributed by atoms with E-state index in [1.165, 1.54) is 18.4 Å². The highest BCUT2D eigenvalue weighted by molar-refractivity contribution is 5.06. The molecule has 12 heavy (non-hydrogen) atoms. The Hall–Kier alpha value is -0.980. The van der Waals surface area contributed by atoms with Gasteiger partial charge in [-0.3, -0.25) is 0 Å². The Morgan fingerprint density at radius 1 is 1.33 bits per heavy atom. The largest absolute Gasteiger partial charge is 0.405 e. The average molecular weight is 165 g/mol. The number of nitrogens with two attached hydrogens (primary N) is 1. The van der Waals surface area contributed by atoms with Gasteiger partial charge in [0, 0.05) is 0 Å². The zero-order valence-electron chi connectivity index (χ0n) is 8.09. The van der Waals surface area contributed by atoms with Crippen LogP contribution in [0.15, 0.2) is 36.1 Å². The van der Waals surface area contributed by atoms with E-state index in [1.807, 2.05) is 12.2 Å². The molecule has 0 heterocycles. The molecule has 2 N–H and O–H groups in total. The molecule has 0 aliphatic rings. The molecule has 0 atom stereocenters. The van der Waals surface area contributed by atoms with Crippen molar-refractivity contribution in [3.05, 3.63) is 36.1 Å². The molecule has 0 fully saturated rings. The summed E-state index contributed by atoms with van der Waals surface area (Å²) in [5.41, 5.74) is 6.64. The maximum atomic E-state index is 5.17. The molecule has 0 unspecified atom stereocenters. The van der Waals surface area contributed by atoms with Crippen molar-refractivity contribution in [1.29, 1.82) is 0 Å². The molecule has 0 rings (SSSR count). The van der Waals surface area contributed by atoms with Gasteiger partial charge in [0.05, 0.1) is 0 Å². The molecule has 0 spiro atoms. The molecule has 0 amide bonds. The molecule has 0 aliphatic heterocycles. The van der Waals surface area contributed by atoms with E-state index in [-0.39, 0.29) is 0 Å². The van der Waals surface area contributed by atoms with Crippen molar-refractivity contribution in [3.8, 4) is 0 Å². The van der Waals surface area contributed by atoms with Crippen molar-refractivity contribution in [2.45, 2.75) is 33.1 Å². The lowest BCUT2D eigenvalue weighted by molar-refractivity contribution is 0.899. The van der Waals surface area contributed by atoms with Gasteiger partial charge in [-0.1, -0.05) is 37.1 Å². The molecule has 0 aromatic heterocycles. The highest BCUT2D eigenvalue weighted by Crippen LogP contribution is 2.04. The normalized spacial score (nSPS) is 13.3. The summed E-state index contributed by atoms with van der Waals surface area (Å²) in [7, 11) is 0. The number of allylic oxidation sites excluding steroid dienone is 5. The minimum Gasteiger partial charge on any atom is -0.405 e. The third kappa shape index (κ3) is 7.13. The van der Waals surface area contributed by atoms with Crippen LogP contribution in [-0.2, 0) is 0 Å². The smallest absolute Gasteiger partial charge is 0.00625 e. The summed E-state index contributed by atoms with van der Waals surface area (Å²) in [6.45, 7) is 4.38. The van der Waals surface area contributed by atoms with Crippen molar-refractivity contribution in [2.24, 2.45) is 5.73 Å². The van der Waals surface area contributed by atoms with Gasteiger partial charge in [0.25, 0.3) is 0 Å². The molecule has 0 saturated heterocycles. The predicted molar refractivity (Wildman–Crippen MR) is 55.7 cm³/mol. The van der Waals surface area contributed by atoms with Crippen molar-refractivity contribution < 1.29 is 0 Å². The standard InChI is InChI=1S/C11H19N/c1-3-8-11(2)9-6-4-5-7-10-12/h4-5,7,9-10H,3,6,8,12H2,1-2H3/b5-4-,10-7+,11-9-. The first-order valence-electron chi connectivity index (χ1n) is 4.50. The fraction of sp³-hybridized carbons (Fsp3) is 0.455. The summed E-state index contributed by atoms with van der Waals surface area (Å²) in [6, 6.07) is 0. The Morgan fingerprint density at radius 3 is 2.67 bits per heavy atom. The van der Waals surface area contributed by atoms with Crippen LogP contribution in [0, 0.1) is 0 Å². The van der Waals surface area contributed by atoms with Gasteiger partial charge >= 0.3 is 0 Å². The molecule has 0 aliphatic carbocycles. The van der Waals surface area contributed by atoms with E-state index < -0.39 is 0 Å². The summed E-state index contributed by atoms with van der Waals surface area (Å²) in [5.74, 6) is 0. The van der Waals surface area contributed by atoms with Crippen LogP contribution in [0.3, 0.4) is 0 Å². The van der Waals surface area contributed by atoms with Gasteiger partial charge in [0.15, 0.2) is 0 Å². The summed E-state index contributed by atoms with van der Waals surface area (Å²) in [5, 5.41) is 0. The maximum absolute atomic E-state index is 5.17. The molecule has 0 radical (unpaired) electrons. The van der Waals surface area contributed by atoms with Crippen LogP contribution in [0.4, 0.5) is 0 Å². The van der Waals surface area contributed by atoms with E-state index in [9.17, 15) is 0 Å². The van der Waals surface area contributed by atoms with Crippen LogP contribution in [0.1, 0.15) is 33.1 Å². The molecule has 0 bridgehead atoms. The van der Waals surface area contributed by atoms with E-state index in [0.29, 0.717) is 0 Å². The molecule has 0 aromatic carbocycles. The van der Waals surface area contributed by atoms with E-state index in [1.54, 1.807) is 6.20 Å². The Morgan fingerprint density at radius 2 is 2.08 bits per heavy atom. The lowest BCUT2D eigenvalue weighted by Gasteiger charge is -1.94. The first-order valence-corrected chi connectivity index (χ1v) is 4.50. The summed E-state index contributed by atoms with van der Waals surface area (Å²) in [4.78, 5) is 0. The quantitative estimate of drug-likeness (QED) is 0.491. The summed E-state index contributed by atoms with van der Waals surface area (Å²) < 4.78 is 0. The number of hydrogen-bond acceptors (Lipinski definition) is 1. The van der Waals surface area contributed by atoms with Gasteiger partial charge in [-0.05, 0) is 32.0 Å². The fourth-order valence-corrected chi connectivity index (χ4v) is 0.987. The molecule has 0 saturated carbocycles. The monoisotopic (exact) mass is 165 g/mol. The fourth-order valence-electron chi connectivity index (χ4n) is 0.987. The van der Waals surface area contributed by atoms with Crippen LogP contribution in [-0.4, -0.2) is 0 Å². The zero-order valence-corrected chi connectivity index (χ0v) is 8.09. The second-order valence-electron chi connectivity index (χ2n) is 2.85. The Balaban J connectivity index is 3.58. The zero-order chi connectivity index (χ0) is 9.23. The average Bonchev–Trinajstić information content (AvgIpc) is 2.05. The van der Waals surface area contributed by atoms with Crippen LogP contribution < -0.4 is 5.73 Å². The van der Waals surface area contributed by atoms with E-state index in [2.05, 4.69) is 26.0 Å². The Bertz CT molecular complexity index is 175. The van der Waals surface area contributed by atoms with Gasteiger partial charge < -0.3 is 5.73 Å². The van der Waals surface area contributed by atoms with Gasteiger partial charge in [0.1, 0.15) is 0 Å². The van der Waals surface area contributed by atoms with Crippen molar-refractivity contribution in [3.63, 3.8) is 0 Å². The van der Waals surface area contributed by atoms with Gasteiger partial charge in [-0.15, -0.1) is 0 Å². The second-order valence-corrected chi connectivity index (χ2v) is 2.85. The van der Waals surface area contributed by atoms with Crippen LogP contribution in [0.25, 0.3) is 0 Å². The maximum Gasteiger partial charge on any atom is -0.00625 e. The Kier molecular flexibility index (Phi) is 7.46.